The van der Waals surface area contributed by atoms with Crippen molar-refractivity contribution in [3.63, 3.8) is 0 Å². The van der Waals surface area contributed by atoms with Gasteiger partial charge in [-0.25, -0.2) is 0 Å². The molecule has 22 heavy (non-hydrogen) atoms. The number of nitrogens with one attached hydrogen (secondary N) is 1. The van der Waals surface area contributed by atoms with Crippen LogP contribution in [0.1, 0.15) is 35.9 Å². The van der Waals surface area contributed by atoms with Crippen molar-refractivity contribution in [1.29, 1.82) is 0 Å². The quantitative estimate of drug-likeness (QED) is 0.899. The van der Waals surface area contributed by atoms with E-state index in [1.807, 2.05) is 11.4 Å². The zero-order valence-electron chi connectivity index (χ0n) is 12.6. The lowest BCUT2D eigenvalue weighted by molar-refractivity contribution is 0.0915. The SMILES string of the molecule is CCCN1CCC(NC(=O)c2sccc2-n2cnnn2)CC1. The van der Waals surface area contributed by atoms with E-state index >= 15 is 0 Å². The monoisotopic (exact) mass is 320 g/mol. The summed E-state index contributed by atoms with van der Waals surface area (Å²) in [6.45, 7) is 5.46. The Morgan fingerprint density at radius 2 is 2.27 bits per heavy atom. The Bertz CT molecular complexity index is 603. The largest absolute Gasteiger partial charge is 0.348 e. The Kier molecular flexibility index (Phi) is 4.79. The second kappa shape index (κ2) is 6.97. The molecule has 3 rings (SSSR count). The molecular weight excluding hydrogens is 300 g/mol. The number of tetrazole rings is 1. The molecule has 1 N–H and O–H groups in total. The first-order chi connectivity index (χ1) is 10.8. The number of carbonyl (C=O) groups excluding carboxylic acids is 1. The Hall–Kier alpha value is -1.80. The van der Waals surface area contributed by atoms with Gasteiger partial charge in [0, 0.05) is 19.1 Å². The fraction of sp³-hybridized carbons (Fsp3) is 0.571. The highest BCUT2D eigenvalue weighted by Gasteiger charge is 2.23. The Balaban J connectivity index is 1.61. The van der Waals surface area contributed by atoms with Gasteiger partial charge in [0.15, 0.2) is 0 Å². The van der Waals surface area contributed by atoms with Crippen molar-refractivity contribution in [2.45, 2.75) is 32.2 Å². The van der Waals surface area contributed by atoms with Gasteiger partial charge >= 0.3 is 0 Å². The lowest BCUT2D eigenvalue weighted by Gasteiger charge is -2.32. The highest BCUT2D eigenvalue weighted by molar-refractivity contribution is 7.12. The van der Waals surface area contributed by atoms with Crippen molar-refractivity contribution in [3.8, 4) is 5.69 Å². The van der Waals surface area contributed by atoms with Gasteiger partial charge in [0.25, 0.3) is 5.91 Å². The van der Waals surface area contributed by atoms with Crippen LogP contribution >= 0.6 is 11.3 Å². The van der Waals surface area contributed by atoms with Crippen LogP contribution in [0.15, 0.2) is 17.8 Å². The zero-order chi connectivity index (χ0) is 15.4. The van der Waals surface area contributed by atoms with E-state index in [-0.39, 0.29) is 11.9 Å². The second-order valence-electron chi connectivity index (χ2n) is 5.48. The van der Waals surface area contributed by atoms with Crippen molar-refractivity contribution in [2.24, 2.45) is 0 Å². The number of rotatable bonds is 5. The second-order valence-corrected chi connectivity index (χ2v) is 6.39. The van der Waals surface area contributed by atoms with E-state index in [9.17, 15) is 4.79 Å². The molecule has 0 aliphatic carbocycles. The fourth-order valence-corrected chi connectivity index (χ4v) is 3.57. The minimum atomic E-state index is -0.0329. The average molecular weight is 320 g/mol. The van der Waals surface area contributed by atoms with Gasteiger partial charge < -0.3 is 10.2 Å². The topological polar surface area (TPSA) is 75.9 Å². The van der Waals surface area contributed by atoms with Crippen molar-refractivity contribution in [1.82, 2.24) is 30.4 Å². The first-order valence-electron chi connectivity index (χ1n) is 7.62. The van der Waals surface area contributed by atoms with Crippen molar-refractivity contribution in [3.05, 3.63) is 22.7 Å². The molecule has 118 valence electrons. The highest BCUT2D eigenvalue weighted by Crippen LogP contribution is 2.21. The van der Waals surface area contributed by atoms with Crippen LogP contribution in [0, 0.1) is 0 Å². The molecule has 1 aliphatic heterocycles. The maximum Gasteiger partial charge on any atom is 0.263 e. The summed E-state index contributed by atoms with van der Waals surface area (Å²) in [5.74, 6) is -0.0329. The number of piperidine rings is 1. The van der Waals surface area contributed by atoms with Gasteiger partial charge in [-0.05, 0) is 47.7 Å². The summed E-state index contributed by atoms with van der Waals surface area (Å²) in [7, 11) is 0. The van der Waals surface area contributed by atoms with Gasteiger partial charge in [-0.1, -0.05) is 6.92 Å². The third kappa shape index (κ3) is 3.33. The number of hydrogen-bond acceptors (Lipinski definition) is 6. The van der Waals surface area contributed by atoms with Crippen LogP contribution in [0.3, 0.4) is 0 Å². The van der Waals surface area contributed by atoms with E-state index in [2.05, 4.69) is 32.7 Å². The number of nitrogens with zero attached hydrogens (tertiary/aromatic N) is 5. The lowest BCUT2D eigenvalue weighted by atomic mass is 10.0. The zero-order valence-corrected chi connectivity index (χ0v) is 13.4. The molecule has 0 aromatic carbocycles. The minimum absolute atomic E-state index is 0.0329. The van der Waals surface area contributed by atoms with Gasteiger partial charge in [-0.2, -0.15) is 4.68 Å². The average Bonchev–Trinajstić information content (AvgIpc) is 3.20. The molecule has 0 unspecified atom stereocenters. The van der Waals surface area contributed by atoms with Crippen LogP contribution in [0.2, 0.25) is 0 Å². The van der Waals surface area contributed by atoms with Gasteiger partial charge in [-0.3, -0.25) is 4.79 Å². The lowest BCUT2D eigenvalue weighted by Crippen LogP contribution is -2.44. The summed E-state index contributed by atoms with van der Waals surface area (Å²) < 4.78 is 1.52. The van der Waals surface area contributed by atoms with Crippen LogP contribution in [0.5, 0.6) is 0 Å². The van der Waals surface area contributed by atoms with E-state index in [0.717, 1.165) is 38.2 Å². The Morgan fingerprint density at radius 1 is 1.45 bits per heavy atom. The van der Waals surface area contributed by atoms with Crippen LogP contribution in [0.25, 0.3) is 5.69 Å². The molecule has 0 bridgehead atoms. The molecule has 0 spiro atoms. The molecule has 8 heteroatoms. The molecular formula is C14H20N6OS. The first-order valence-corrected chi connectivity index (χ1v) is 8.50. The van der Waals surface area contributed by atoms with E-state index in [1.54, 1.807) is 0 Å². The summed E-state index contributed by atoms with van der Waals surface area (Å²) in [4.78, 5) is 15.6. The number of aromatic nitrogens is 4. The molecule has 1 amide bonds. The number of hydrogen-bond donors (Lipinski definition) is 1. The molecule has 0 atom stereocenters. The summed E-state index contributed by atoms with van der Waals surface area (Å²) >= 11 is 1.41. The Labute approximate surface area is 133 Å². The number of amides is 1. The van der Waals surface area contributed by atoms with E-state index in [4.69, 9.17) is 0 Å². The number of likely N-dealkylation sites (tertiary alicyclic amines) is 1. The summed E-state index contributed by atoms with van der Waals surface area (Å²) in [5.41, 5.74) is 0.732. The Morgan fingerprint density at radius 3 is 2.95 bits per heavy atom. The van der Waals surface area contributed by atoms with Crippen LogP contribution in [0.4, 0.5) is 0 Å². The third-order valence-electron chi connectivity index (χ3n) is 3.91. The summed E-state index contributed by atoms with van der Waals surface area (Å²) in [5, 5.41) is 16.1. The molecule has 0 radical (unpaired) electrons. The minimum Gasteiger partial charge on any atom is -0.348 e. The predicted molar refractivity (Wildman–Crippen MR) is 84.3 cm³/mol. The van der Waals surface area contributed by atoms with Crippen molar-refractivity contribution >= 4 is 17.2 Å². The molecule has 1 fully saturated rings. The van der Waals surface area contributed by atoms with Gasteiger partial charge in [-0.15, -0.1) is 16.4 Å². The molecule has 2 aromatic rings. The van der Waals surface area contributed by atoms with Gasteiger partial charge in [0.2, 0.25) is 0 Å². The number of carbonyl (C=O) groups is 1. The van der Waals surface area contributed by atoms with Gasteiger partial charge in [0.05, 0.1) is 5.69 Å². The number of thiophene rings is 1. The standard InChI is InChI=1S/C14H20N6OS/c1-2-6-19-7-3-11(4-8-19)16-14(21)13-12(5-9-22-13)20-10-15-17-18-20/h5,9-11H,2-4,6-8H2,1H3,(H,16,21). The summed E-state index contributed by atoms with van der Waals surface area (Å²) in [6, 6.07) is 2.12. The smallest absolute Gasteiger partial charge is 0.263 e. The van der Waals surface area contributed by atoms with Crippen LogP contribution in [-0.4, -0.2) is 56.7 Å². The molecule has 3 heterocycles. The van der Waals surface area contributed by atoms with Crippen molar-refractivity contribution < 1.29 is 4.79 Å². The predicted octanol–water partition coefficient (Wildman–Crippen LogP) is 1.33. The molecule has 2 aromatic heterocycles. The van der Waals surface area contributed by atoms with Gasteiger partial charge in [0.1, 0.15) is 11.2 Å². The van der Waals surface area contributed by atoms with E-state index in [0.29, 0.717) is 4.88 Å². The first kappa shape index (κ1) is 15.1. The fourth-order valence-electron chi connectivity index (χ4n) is 2.79. The summed E-state index contributed by atoms with van der Waals surface area (Å²) in [6.07, 6.45) is 4.71. The maximum atomic E-state index is 12.5. The van der Waals surface area contributed by atoms with E-state index in [1.165, 1.54) is 28.8 Å². The van der Waals surface area contributed by atoms with Crippen LogP contribution < -0.4 is 5.32 Å². The molecule has 0 saturated carbocycles. The maximum absolute atomic E-state index is 12.5. The van der Waals surface area contributed by atoms with Crippen molar-refractivity contribution in [2.75, 3.05) is 19.6 Å². The normalized spacial score (nSPS) is 16.8. The van der Waals surface area contributed by atoms with E-state index < -0.39 is 0 Å². The third-order valence-corrected chi connectivity index (χ3v) is 4.81. The molecule has 1 aliphatic rings. The molecule has 7 nitrogen and oxygen atoms in total. The highest BCUT2D eigenvalue weighted by atomic mass is 32.1. The molecule has 1 saturated heterocycles. The van der Waals surface area contributed by atoms with Crippen LogP contribution in [-0.2, 0) is 0 Å².